The summed E-state index contributed by atoms with van der Waals surface area (Å²) in [5, 5.41) is -0.584. The van der Waals surface area contributed by atoms with E-state index in [4.69, 9.17) is 10.5 Å². The van der Waals surface area contributed by atoms with Crippen LogP contribution in [0.4, 0.5) is 10.1 Å². The van der Waals surface area contributed by atoms with Crippen LogP contribution in [0, 0.1) is 5.82 Å². The normalized spacial score (nSPS) is 21.4. The van der Waals surface area contributed by atoms with Gasteiger partial charge in [0.2, 0.25) is 0 Å². The highest BCUT2D eigenvalue weighted by atomic mass is 32.2. The molecule has 6 heteroatoms. The van der Waals surface area contributed by atoms with Gasteiger partial charge in [-0.15, -0.1) is 0 Å². The lowest BCUT2D eigenvalue weighted by Gasteiger charge is -2.22. The molecular weight excluding hydrogens is 245 g/mol. The molecule has 1 atom stereocenters. The van der Waals surface area contributed by atoms with Crippen LogP contribution in [-0.4, -0.2) is 26.9 Å². The minimum Gasteiger partial charge on any atom is -0.396 e. The summed E-state index contributed by atoms with van der Waals surface area (Å²) in [6, 6.07) is 3.58. The van der Waals surface area contributed by atoms with Crippen molar-refractivity contribution in [1.82, 2.24) is 0 Å². The maximum Gasteiger partial charge on any atom is 0.183 e. The summed E-state index contributed by atoms with van der Waals surface area (Å²) in [6.45, 7) is 0.760. The van der Waals surface area contributed by atoms with Crippen molar-refractivity contribution >= 4 is 15.5 Å². The van der Waals surface area contributed by atoms with E-state index in [2.05, 4.69) is 0 Å². The molecular formula is C11H14FNO3S. The maximum absolute atomic E-state index is 13.3. The Morgan fingerprint density at radius 1 is 1.41 bits per heavy atom. The van der Waals surface area contributed by atoms with Crippen LogP contribution in [0.1, 0.15) is 12.8 Å². The molecule has 1 aromatic rings. The number of hydrogen-bond acceptors (Lipinski definition) is 4. The lowest BCUT2D eigenvalue weighted by Crippen LogP contribution is -2.31. The summed E-state index contributed by atoms with van der Waals surface area (Å²) in [7, 11) is -3.52. The number of nitrogens with two attached hydrogens (primary N) is 1. The molecule has 1 heterocycles. The first-order chi connectivity index (χ1) is 8.01. The van der Waals surface area contributed by atoms with Crippen LogP contribution >= 0.6 is 0 Å². The van der Waals surface area contributed by atoms with Crippen LogP contribution in [0.5, 0.6) is 0 Å². The largest absolute Gasteiger partial charge is 0.396 e. The fourth-order valence-electron chi connectivity index (χ4n) is 1.83. The summed E-state index contributed by atoms with van der Waals surface area (Å²) in [5.74, 6) is -0.706. The average molecular weight is 259 g/mol. The van der Waals surface area contributed by atoms with E-state index in [-0.39, 0.29) is 17.2 Å². The standard InChI is InChI=1S/C11H14FNO3S/c12-10-6-8(3-4-11(10)13)17(14,15)9-2-1-5-16-7-9/h3-4,6,9H,1-2,5,7,13H2. The van der Waals surface area contributed by atoms with Crippen molar-refractivity contribution in [2.75, 3.05) is 18.9 Å². The van der Waals surface area contributed by atoms with Crippen LogP contribution in [0.2, 0.25) is 0 Å². The quantitative estimate of drug-likeness (QED) is 0.814. The molecule has 0 amide bonds. The molecule has 1 unspecified atom stereocenters. The lowest BCUT2D eigenvalue weighted by molar-refractivity contribution is 0.0991. The molecule has 0 aromatic heterocycles. The van der Waals surface area contributed by atoms with Gasteiger partial charge in [0.1, 0.15) is 5.82 Å². The first-order valence-corrected chi connectivity index (χ1v) is 6.93. The van der Waals surface area contributed by atoms with Gasteiger partial charge >= 0.3 is 0 Å². The predicted octanol–water partition coefficient (Wildman–Crippen LogP) is 1.36. The Balaban J connectivity index is 2.33. The highest BCUT2D eigenvalue weighted by molar-refractivity contribution is 7.92. The van der Waals surface area contributed by atoms with Crippen LogP contribution < -0.4 is 5.73 Å². The number of rotatable bonds is 2. The summed E-state index contributed by atoms with van der Waals surface area (Å²) in [5.41, 5.74) is 5.26. The molecule has 0 saturated carbocycles. The van der Waals surface area contributed by atoms with Gasteiger partial charge in [0, 0.05) is 6.61 Å². The second-order valence-electron chi connectivity index (χ2n) is 4.07. The van der Waals surface area contributed by atoms with Crippen molar-refractivity contribution < 1.29 is 17.5 Å². The van der Waals surface area contributed by atoms with E-state index in [1.165, 1.54) is 12.1 Å². The second-order valence-corrected chi connectivity index (χ2v) is 6.30. The van der Waals surface area contributed by atoms with E-state index in [1.807, 2.05) is 0 Å². The Kier molecular flexibility index (Phi) is 3.35. The number of halogens is 1. The van der Waals surface area contributed by atoms with Gasteiger partial charge in [0.05, 0.1) is 22.4 Å². The van der Waals surface area contributed by atoms with Gasteiger partial charge in [-0.25, -0.2) is 12.8 Å². The number of hydrogen-bond donors (Lipinski definition) is 1. The van der Waals surface area contributed by atoms with Gasteiger partial charge < -0.3 is 10.5 Å². The third-order valence-electron chi connectivity index (χ3n) is 2.86. The molecule has 0 spiro atoms. The molecule has 4 nitrogen and oxygen atoms in total. The third-order valence-corrected chi connectivity index (χ3v) is 5.02. The fraction of sp³-hybridized carbons (Fsp3) is 0.455. The number of anilines is 1. The highest BCUT2D eigenvalue weighted by Gasteiger charge is 2.29. The van der Waals surface area contributed by atoms with Crippen molar-refractivity contribution in [2.45, 2.75) is 23.0 Å². The van der Waals surface area contributed by atoms with Gasteiger partial charge in [-0.05, 0) is 31.0 Å². The number of nitrogen functional groups attached to an aromatic ring is 1. The molecule has 1 fully saturated rings. The van der Waals surface area contributed by atoms with E-state index in [0.29, 0.717) is 19.4 Å². The topological polar surface area (TPSA) is 69.4 Å². The molecule has 2 rings (SSSR count). The maximum atomic E-state index is 13.3. The number of sulfone groups is 1. The van der Waals surface area contributed by atoms with Gasteiger partial charge in [0.15, 0.2) is 9.84 Å². The summed E-state index contributed by atoms with van der Waals surface area (Å²) in [4.78, 5) is -0.0281. The van der Waals surface area contributed by atoms with Gasteiger partial charge in [-0.1, -0.05) is 0 Å². The zero-order valence-corrected chi connectivity index (χ0v) is 10.0. The van der Waals surface area contributed by atoms with Crippen LogP contribution in [0.25, 0.3) is 0 Å². The molecule has 94 valence electrons. The predicted molar refractivity (Wildman–Crippen MR) is 61.8 cm³/mol. The van der Waals surface area contributed by atoms with Crippen LogP contribution in [-0.2, 0) is 14.6 Å². The first kappa shape index (κ1) is 12.3. The number of ether oxygens (including phenoxy) is 1. The summed E-state index contributed by atoms with van der Waals surface area (Å²) >= 11 is 0. The Labute approximate surface area is 99.5 Å². The zero-order valence-electron chi connectivity index (χ0n) is 9.23. The van der Waals surface area contributed by atoms with E-state index in [9.17, 15) is 12.8 Å². The van der Waals surface area contributed by atoms with Crippen molar-refractivity contribution in [2.24, 2.45) is 0 Å². The Hall–Kier alpha value is -1.14. The molecule has 0 aliphatic carbocycles. The fourth-order valence-corrected chi connectivity index (χ4v) is 3.50. The van der Waals surface area contributed by atoms with Gasteiger partial charge in [0.25, 0.3) is 0 Å². The van der Waals surface area contributed by atoms with E-state index >= 15 is 0 Å². The molecule has 0 bridgehead atoms. The molecule has 2 N–H and O–H groups in total. The average Bonchev–Trinajstić information content (AvgIpc) is 2.33. The monoisotopic (exact) mass is 259 g/mol. The van der Waals surface area contributed by atoms with Gasteiger partial charge in [-0.3, -0.25) is 0 Å². The smallest absolute Gasteiger partial charge is 0.183 e. The minimum absolute atomic E-state index is 0.0281. The Morgan fingerprint density at radius 2 is 2.18 bits per heavy atom. The van der Waals surface area contributed by atoms with Crippen molar-refractivity contribution in [3.63, 3.8) is 0 Å². The van der Waals surface area contributed by atoms with E-state index in [1.54, 1.807) is 0 Å². The zero-order chi connectivity index (χ0) is 12.5. The molecule has 17 heavy (non-hydrogen) atoms. The summed E-state index contributed by atoms with van der Waals surface area (Å²) in [6.07, 6.45) is 1.26. The SMILES string of the molecule is Nc1ccc(S(=O)(=O)C2CCCOC2)cc1F. The van der Waals surface area contributed by atoms with Crippen molar-refractivity contribution in [1.29, 1.82) is 0 Å². The Bertz CT molecular complexity index is 509. The summed E-state index contributed by atoms with van der Waals surface area (Å²) < 4.78 is 42.7. The van der Waals surface area contributed by atoms with Gasteiger partial charge in [-0.2, -0.15) is 0 Å². The highest BCUT2D eigenvalue weighted by Crippen LogP contribution is 2.24. The molecule has 1 aliphatic heterocycles. The first-order valence-electron chi connectivity index (χ1n) is 5.38. The molecule has 1 saturated heterocycles. The Morgan fingerprint density at radius 3 is 2.76 bits per heavy atom. The molecule has 0 radical (unpaired) electrons. The molecule has 1 aliphatic rings. The minimum atomic E-state index is -3.52. The van der Waals surface area contributed by atoms with E-state index in [0.717, 1.165) is 6.07 Å². The van der Waals surface area contributed by atoms with Crippen LogP contribution in [0.15, 0.2) is 23.1 Å². The number of benzene rings is 1. The van der Waals surface area contributed by atoms with Crippen LogP contribution in [0.3, 0.4) is 0 Å². The van der Waals surface area contributed by atoms with Crippen molar-refractivity contribution in [3.05, 3.63) is 24.0 Å². The third kappa shape index (κ3) is 2.42. The van der Waals surface area contributed by atoms with E-state index < -0.39 is 20.9 Å². The second kappa shape index (κ2) is 4.62. The lowest BCUT2D eigenvalue weighted by atomic mass is 10.2. The van der Waals surface area contributed by atoms with Crippen molar-refractivity contribution in [3.8, 4) is 0 Å². The molecule has 1 aromatic carbocycles.